The Morgan fingerprint density at radius 3 is 2.54 bits per heavy atom. The van der Waals surface area contributed by atoms with Crippen LogP contribution in [-0.4, -0.2) is 25.6 Å². The average Bonchev–Trinajstić information content (AvgIpc) is 3.25. The number of carbonyl (C=O) groups is 2. The monoisotopic (exact) mass is 489 g/mol. The third kappa shape index (κ3) is 4.37. The van der Waals surface area contributed by atoms with Gasteiger partial charge in [-0.1, -0.05) is 41.9 Å². The molecule has 0 aromatic heterocycles. The van der Waals surface area contributed by atoms with Gasteiger partial charge in [0.1, 0.15) is 13.2 Å². The van der Waals surface area contributed by atoms with Crippen molar-refractivity contribution in [2.45, 2.75) is 25.9 Å². The molecule has 35 heavy (non-hydrogen) atoms. The first-order valence-electron chi connectivity index (χ1n) is 11.3. The molecule has 2 aliphatic rings. The standard InChI is InChI=1S/C28H24ClNO5/c1-17-5-3-4-6-19(17)15-34-24-12-7-18(13-25(24)33-2)22-14-26(31)30(21-10-8-20(29)9-11-21)23-16-35-28(32)27(22)23/h3-13,22H,14-16H2,1-2H3. The van der Waals surface area contributed by atoms with Gasteiger partial charge in [0, 0.05) is 23.0 Å². The van der Waals surface area contributed by atoms with E-state index in [9.17, 15) is 9.59 Å². The predicted octanol–water partition coefficient (Wildman–Crippen LogP) is 5.57. The summed E-state index contributed by atoms with van der Waals surface area (Å²) in [6.07, 6.45) is 0.128. The molecule has 0 fully saturated rings. The van der Waals surface area contributed by atoms with Gasteiger partial charge in [-0.3, -0.25) is 9.69 Å². The zero-order valence-electron chi connectivity index (χ0n) is 19.4. The first-order chi connectivity index (χ1) is 17.0. The van der Waals surface area contributed by atoms with Gasteiger partial charge in [-0.05, 0) is 60.0 Å². The first-order valence-corrected chi connectivity index (χ1v) is 11.7. The molecule has 0 aliphatic carbocycles. The second kappa shape index (κ2) is 9.47. The summed E-state index contributed by atoms with van der Waals surface area (Å²) in [4.78, 5) is 27.6. The lowest BCUT2D eigenvalue weighted by molar-refractivity contribution is -0.136. The van der Waals surface area contributed by atoms with Gasteiger partial charge in [-0.25, -0.2) is 4.79 Å². The summed E-state index contributed by atoms with van der Waals surface area (Å²) >= 11 is 6.01. The van der Waals surface area contributed by atoms with Crippen LogP contribution < -0.4 is 14.4 Å². The molecule has 3 aromatic rings. The Morgan fingerprint density at radius 2 is 1.80 bits per heavy atom. The molecule has 1 atom stereocenters. The molecule has 7 heteroatoms. The molecule has 6 nitrogen and oxygen atoms in total. The molecule has 0 radical (unpaired) electrons. The maximum atomic E-state index is 13.3. The molecule has 0 bridgehead atoms. The van der Waals surface area contributed by atoms with Crippen molar-refractivity contribution < 1.29 is 23.8 Å². The molecular formula is C28H24ClNO5. The van der Waals surface area contributed by atoms with Crippen molar-refractivity contribution in [3.63, 3.8) is 0 Å². The van der Waals surface area contributed by atoms with Gasteiger partial charge in [-0.15, -0.1) is 0 Å². The Morgan fingerprint density at radius 1 is 1.03 bits per heavy atom. The minimum Gasteiger partial charge on any atom is -0.493 e. The third-order valence-corrected chi connectivity index (χ3v) is 6.69. The van der Waals surface area contributed by atoms with Crippen molar-refractivity contribution in [2.75, 3.05) is 18.6 Å². The van der Waals surface area contributed by atoms with E-state index in [0.29, 0.717) is 40.1 Å². The summed E-state index contributed by atoms with van der Waals surface area (Å²) in [7, 11) is 1.57. The van der Waals surface area contributed by atoms with Crippen LogP contribution in [0.1, 0.15) is 29.0 Å². The molecule has 1 unspecified atom stereocenters. The van der Waals surface area contributed by atoms with E-state index >= 15 is 0 Å². The Hall–Kier alpha value is -3.77. The third-order valence-electron chi connectivity index (χ3n) is 6.44. The quantitative estimate of drug-likeness (QED) is 0.424. The normalized spacial score (nSPS) is 17.3. The highest BCUT2D eigenvalue weighted by Crippen LogP contribution is 2.43. The van der Waals surface area contributed by atoms with Crippen LogP contribution in [-0.2, 0) is 20.9 Å². The smallest absolute Gasteiger partial charge is 0.336 e. The molecule has 0 saturated heterocycles. The Labute approximate surface area is 208 Å². The van der Waals surface area contributed by atoms with E-state index in [1.54, 1.807) is 36.3 Å². The highest BCUT2D eigenvalue weighted by Gasteiger charge is 2.43. The van der Waals surface area contributed by atoms with Gasteiger partial charge in [0.05, 0.1) is 18.4 Å². The number of hydrogen-bond acceptors (Lipinski definition) is 5. The zero-order valence-corrected chi connectivity index (χ0v) is 20.2. The second-order valence-electron chi connectivity index (χ2n) is 8.52. The molecule has 178 valence electrons. The molecule has 3 aromatic carbocycles. The highest BCUT2D eigenvalue weighted by molar-refractivity contribution is 6.30. The number of hydrogen-bond donors (Lipinski definition) is 0. The molecule has 1 amide bonds. The van der Waals surface area contributed by atoms with E-state index in [1.165, 1.54) is 0 Å². The molecule has 2 heterocycles. The van der Waals surface area contributed by atoms with Gasteiger partial charge in [-0.2, -0.15) is 0 Å². The fourth-order valence-electron chi connectivity index (χ4n) is 4.58. The van der Waals surface area contributed by atoms with E-state index in [4.69, 9.17) is 25.8 Å². The van der Waals surface area contributed by atoms with Crippen molar-refractivity contribution in [2.24, 2.45) is 0 Å². The topological polar surface area (TPSA) is 65.1 Å². The zero-order chi connectivity index (χ0) is 24.5. The number of carbonyl (C=O) groups excluding carboxylic acids is 2. The number of methoxy groups -OCH3 is 1. The molecule has 0 spiro atoms. The van der Waals surface area contributed by atoms with Crippen molar-refractivity contribution in [1.29, 1.82) is 0 Å². The van der Waals surface area contributed by atoms with Crippen LogP contribution in [0.4, 0.5) is 5.69 Å². The number of cyclic esters (lactones) is 1. The highest BCUT2D eigenvalue weighted by atomic mass is 35.5. The molecule has 0 saturated carbocycles. The fourth-order valence-corrected chi connectivity index (χ4v) is 4.70. The lowest BCUT2D eigenvalue weighted by Crippen LogP contribution is -2.37. The number of halogens is 1. The number of rotatable bonds is 6. The number of nitrogens with zero attached hydrogens (tertiary/aromatic N) is 1. The minimum atomic E-state index is -0.435. The minimum absolute atomic E-state index is 0.0494. The van der Waals surface area contributed by atoms with Crippen LogP contribution in [0.15, 0.2) is 78.0 Å². The number of anilines is 1. The van der Waals surface area contributed by atoms with Gasteiger partial charge in [0.15, 0.2) is 11.5 Å². The molecule has 5 rings (SSSR count). The average molecular weight is 490 g/mol. The fraction of sp³-hybridized carbons (Fsp3) is 0.214. The molecule has 0 N–H and O–H groups in total. The summed E-state index contributed by atoms with van der Waals surface area (Å²) in [6, 6.07) is 20.5. The van der Waals surface area contributed by atoms with Crippen LogP contribution in [0, 0.1) is 6.92 Å². The SMILES string of the molecule is COc1cc(C2CC(=O)N(c3ccc(Cl)cc3)C3=C2C(=O)OC3)ccc1OCc1ccccc1C. The van der Waals surface area contributed by atoms with E-state index in [0.717, 1.165) is 16.7 Å². The van der Waals surface area contributed by atoms with Crippen molar-refractivity contribution in [1.82, 2.24) is 0 Å². The van der Waals surface area contributed by atoms with Crippen LogP contribution in [0.3, 0.4) is 0 Å². The number of amides is 1. The summed E-state index contributed by atoms with van der Waals surface area (Å²) in [5.41, 5.74) is 4.74. The van der Waals surface area contributed by atoms with Crippen LogP contribution in [0.5, 0.6) is 11.5 Å². The summed E-state index contributed by atoms with van der Waals surface area (Å²) < 4.78 is 17.0. The molecule has 2 aliphatic heterocycles. The predicted molar refractivity (Wildman–Crippen MR) is 133 cm³/mol. The largest absolute Gasteiger partial charge is 0.493 e. The van der Waals surface area contributed by atoms with Crippen LogP contribution in [0.2, 0.25) is 5.02 Å². The van der Waals surface area contributed by atoms with Crippen LogP contribution >= 0.6 is 11.6 Å². The van der Waals surface area contributed by atoms with E-state index in [2.05, 4.69) is 0 Å². The van der Waals surface area contributed by atoms with Gasteiger partial charge < -0.3 is 14.2 Å². The molecular weight excluding hydrogens is 466 g/mol. The number of aryl methyl sites for hydroxylation is 1. The number of ether oxygens (including phenoxy) is 3. The van der Waals surface area contributed by atoms with Crippen molar-refractivity contribution in [3.8, 4) is 11.5 Å². The van der Waals surface area contributed by atoms with Crippen molar-refractivity contribution in [3.05, 3.63) is 99.7 Å². The Kier molecular flexibility index (Phi) is 6.22. The van der Waals surface area contributed by atoms with Gasteiger partial charge >= 0.3 is 5.97 Å². The van der Waals surface area contributed by atoms with Crippen molar-refractivity contribution >= 4 is 29.2 Å². The summed E-state index contributed by atoms with van der Waals surface area (Å²) in [6.45, 7) is 2.49. The maximum Gasteiger partial charge on any atom is 0.336 e. The number of esters is 1. The van der Waals surface area contributed by atoms with E-state index in [-0.39, 0.29) is 18.9 Å². The lowest BCUT2D eigenvalue weighted by Gasteiger charge is -2.32. The Bertz CT molecular complexity index is 1330. The van der Waals surface area contributed by atoms with Gasteiger partial charge in [0.25, 0.3) is 0 Å². The Balaban J connectivity index is 1.46. The maximum absolute atomic E-state index is 13.3. The van der Waals surface area contributed by atoms with Gasteiger partial charge in [0.2, 0.25) is 5.91 Å². The second-order valence-corrected chi connectivity index (χ2v) is 8.96. The lowest BCUT2D eigenvalue weighted by atomic mass is 9.84. The number of benzene rings is 3. The van der Waals surface area contributed by atoms with E-state index < -0.39 is 11.9 Å². The van der Waals surface area contributed by atoms with Crippen LogP contribution in [0.25, 0.3) is 0 Å². The summed E-state index contributed by atoms with van der Waals surface area (Å²) in [5.74, 6) is 0.170. The van der Waals surface area contributed by atoms with E-state index in [1.807, 2.05) is 49.4 Å². The first kappa shape index (κ1) is 23.0. The summed E-state index contributed by atoms with van der Waals surface area (Å²) in [5, 5.41) is 0.570.